The third kappa shape index (κ3) is 4.27. The topological polar surface area (TPSA) is 96.4 Å². The number of amides is 2. The van der Waals surface area contributed by atoms with Crippen LogP contribution in [-0.2, 0) is 23.9 Å². The lowest BCUT2D eigenvalue weighted by Crippen LogP contribution is -2.59. The lowest BCUT2D eigenvalue weighted by molar-refractivity contribution is -0.162. The summed E-state index contributed by atoms with van der Waals surface area (Å²) in [6.45, 7) is 11.3. The number of carbonyl (C=O) groups is 3. The van der Waals surface area contributed by atoms with Gasteiger partial charge in [-0.3, -0.25) is 14.4 Å². The number of hydrogen-bond donors (Lipinski definition) is 1. The van der Waals surface area contributed by atoms with Gasteiger partial charge in [0.2, 0.25) is 5.91 Å². The van der Waals surface area contributed by atoms with Gasteiger partial charge in [0.1, 0.15) is 17.6 Å². The summed E-state index contributed by atoms with van der Waals surface area (Å²) in [5.41, 5.74) is -1.64. The Morgan fingerprint density at radius 3 is 2.63 bits per heavy atom. The number of hydrogen-bond acceptors (Lipinski definition) is 6. The molecule has 8 nitrogen and oxygen atoms in total. The summed E-state index contributed by atoms with van der Waals surface area (Å²) >= 11 is 6.50. The molecular weight excluding hydrogens is 508 g/mol. The summed E-state index contributed by atoms with van der Waals surface area (Å²) < 4.78 is 12.3. The molecule has 3 fully saturated rings. The van der Waals surface area contributed by atoms with Gasteiger partial charge in [0, 0.05) is 6.54 Å². The van der Waals surface area contributed by atoms with E-state index in [9.17, 15) is 19.5 Å². The minimum absolute atomic E-state index is 0.156. The molecule has 0 aliphatic carbocycles. The standard InChI is InChI=1S/C29H37ClN2O6/c1-5-9-17-37-27(36)23-22-25(34)32(19(7-3)18-33)24(29(22)15-14-28(23,8-4)38-29)26(35)31(16-6-2)21-13-11-10-12-20(21)30/h5-6,10-13,19,22-24,33H,1-2,7-9,14-18H2,3-4H3/t19-,22-,23-,24?,28+,29?/m0/s1. The quantitative estimate of drug-likeness (QED) is 0.243. The molecule has 6 atom stereocenters. The minimum Gasteiger partial charge on any atom is -0.465 e. The van der Waals surface area contributed by atoms with Crippen molar-refractivity contribution < 1.29 is 29.0 Å². The molecule has 0 radical (unpaired) electrons. The number of ether oxygens (including phenoxy) is 2. The van der Waals surface area contributed by atoms with Crippen LogP contribution in [-0.4, -0.2) is 70.8 Å². The SMILES string of the molecule is C=CCCOC(=O)[C@@H]1[C@H]2C(=O)N([C@@H](CC)CO)C(C(=O)N(CC=C)c3ccccc3Cl)C23CC[C@@]1(CC)O3. The van der Waals surface area contributed by atoms with Crippen LogP contribution in [0.4, 0.5) is 5.69 Å². The fourth-order valence-electron chi connectivity index (χ4n) is 6.69. The Morgan fingerprint density at radius 2 is 2.03 bits per heavy atom. The van der Waals surface area contributed by atoms with Crippen LogP contribution >= 0.6 is 11.6 Å². The first kappa shape index (κ1) is 28.3. The maximum atomic E-state index is 14.5. The second-order valence-corrected chi connectivity index (χ2v) is 10.7. The number of fused-ring (bicyclic) bond motifs is 1. The van der Waals surface area contributed by atoms with Crippen LogP contribution in [0.25, 0.3) is 0 Å². The summed E-state index contributed by atoms with van der Waals surface area (Å²) in [5, 5.41) is 10.6. The van der Waals surface area contributed by atoms with E-state index in [0.717, 1.165) is 0 Å². The van der Waals surface area contributed by atoms with Gasteiger partial charge in [-0.25, -0.2) is 0 Å². The average Bonchev–Trinajstić information content (AvgIpc) is 3.52. The number of halogens is 1. The normalized spacial score (nSPS) is 30.2. The fraction of sp³-hybridized carbons (Fsp3) is 0.552. The molecule has 3 aliphatic rings. The molecule has 3 saturated heterocycles. The lowest BCUT2D eigenvalue weighted by atomic mass is 9.65. The highest BCUT2D eigenvalue weighted by Gasteiger charge is 2.79. The molecule has 38 heavy (non-hydrogen) atoms. The first-order valence-electron chi connectivity index (χ1n) is 13.3. The molecule has 0 aromatic heterocycles. The highest BCUT2D eigenvalue weighted by molar-refractivity contribution is 6.34. The number of aliphatic hydroxyl groups is 1. The van der Waals surface area contributed by atoms with E-state index in [1.807, 2.05) is 13.8 Å². The average molecular weight is 545 g/mol. The zero-order chi connectivity index (χ0) is 27.7. The van der Waals surface area contributed by atoms with Gasteiger partial charge < -0.3 is 24.4 Å². The number of benzene rings is 1. The van der Waals surface area contributed by atoms with E-state index in [4.69, 9.17) is 21.1 Å². The van der Waals surface area contributed by atoms with Gasteiger partial charge in [-0.15, -0.1) is 13.2 Å². The van der Waals surface area contributed by atoms with Crippen molar-refractivity contribution in [2.75, 3.05) is 24.7 Å². The summed E-state index contributed by atoms with van der Waals surface area (Å²) in [7, 11) is 0. The molecule has 1 aromatic rings. The Labute approximate surface area is 229 Å². The van der Waals surface area contributed by atoms with E-state index in [1.165, 1.54) is 9.80 Å². The smallest absolute Gasteiger partial charge is 0.312 e. The Hall–Kier alpha value is -2.68. The third-order valence-electron chi connectivity index (χ3n) is 8.47. The molecule has 2 bridgehead atoms. The van der Waals surface area contributed by atoms with E-state index >= 15 is 0 Å². The van der Waals surface area contributed by atoms with E-state index in [1.54, 1.807) is 36.4 Å². The van der Waals surface area contributed by atoms with Crippen molar-refractivity contribution >= 4 is 35.1 Å². The molecule has 1 N–H and O–H groups in total. The van der Waals surface area contributed by atoms with Gasteiger partial charge in [0.05, 0.1) is 41.5 Å². The number of anilines is 1. The third-order valence-corrected chi connectivity index (χ3v) is 8.79. The minimum atomic E-state index is -1.23. The molecule has 3 aliphatic heterocycles. The van der Waals surface area contributed by atoms with Crippen LogP contribution in [0.2, 0.25) is 5.02 Å². The zero-order valence-electron chi connectivity index (χ0n) is 22.1. The second kappa shape index (κ2) is 11.2. The number of likely N-dealkylation sites (tertiary alicyclic amines) is 1. The van der Waals surface area contributed by atoms with E-state index < -0.39 is 41.1 Å². The van der Waals surface area contributed by atoms with E-state index in [0.29, 0.717) is 42.8 Å². The van der Waals surface area contributed by atoms with Crippen LogP contribution in [0.1, 0.15) is 46.0 Å². The van der Waals surface area contributed by atoms with Crippen molar-refractivity contribution in [1.82, 2.24) is 4.90 Å². The Morgan fingerprint density at radius 1 is 1.29 bits per heavy atom. The second-order valence-electron chi connectivity index (χ2n) is 10.3. The number of carbonyl (C=O) groups excluding carboxylic acids is 3. The Bertz CT molecular complexity index is 1110. The number of rotatable bonds is 12. The van der Waals surface area contributed by atoms with Gasteiger partial charge in [-0.2, -0.15) is 0 Å². The Balaban J connectivity index is 1.84. The highest BCUT2D eigenvalue weighted by atomic mass is 35.5. The van der Waals surface area contributed by atoms with Gasteiger partial charge in [-0.05, 0) is 44.2 Å². The monoisotopic (exact) mass is 544 g/mol. The predicted molar refractivity (Wildman–Crippen MR) is 145 cm³/mol. The molecule has 2 unspecified atom stereocenters. The summed E-state index contributed by atoms with van der Waals surface area (Å²) in [6, 6.07) is 5.32. The van der Waals surface area contributed by atoms with Crippen molar-refractivity contribution in [2.24, 2.45) is 11.8 Å². The summed E-state index contributed by atoms with van der Waals surface area (Å²) in [6.07, 6.45) is 5.64. The first-order valence-corrected chi connectivity index (χ1v) is 13.7. The molecule has 1 spiro atoms. The van der Waals surface area contributed by atoms with Gasteiger partial charge in [0.15, 0.2) is 0 Å². The van der Waals surface area contributed by atoms with Crippen molar-refractivity contribution in [2.45, 2.75) is 69.2 Å². The molecular formula is C29H37ClN2O6. The molecule has 9 heteroatoms. The van der Waals surface area contributed by atoms with Crippen molar-refractivity contribution in [3.63, 3.8) is 0 Å². The fourth-order valence-corrected chi connectivity index (χ4v) is 6.93. The highest BCUT2D eigenvalue weighted by Crippen LogP contribution is 2.65. The van der Waals surface area contributed by atoms with Crippen molar-refractivity contribution in [3.05, 3.63) is 54.6 Å². The maximum absolute atomic E-state index is 14.5. The number of nitrogens with zero attached hydrogens (tertiary/aromatic N) is 2. The van der Waals surface area contributed by atoms with Crippen LogP contribution < -0.4 is 4.90 Å². The molecule has 3 heterocycles. The Kier molecular flexibility index (Phi) is 8.35. The number of esters is 1. The molecule has 2 amide bonds. The maximum Gasteiger partial charge on any atom is 0.312 e. The molecule has 0 saturated carbocycles. The van der Waals surface area contributed by atoms with E-state index in [-0.39, 0.29) is 31.6 Å². The van der Waals surface area contributed by atoms with Crippen LogP contribution in [0.5, 0.6) is 0 Å². The van der Waals surface area contributed by atoms with Crippen molar-refractivity contribution in [1.29, 1.82) is 0 Å². The molecule has 4 rings (SSSR count). The molecule has 1 aromatic carbocycles. The summed E-state index contributed by atoms with van der Waals surface area (Å²) in [5.74, 6) is -2.97. The van der Waals surface area contributed by atoms with Crippen LogP contribution in [0.3, 0.4) is 0 Å². The summed E-state index contributed by atoms with van der Waals surface area (Å²) in [4.78, 5) is 45.2. The largest absolute Gasteiger partial charge is 0.465 e. The van der Waals surface area contributed by atoms with E-state index in [2.05, 4.69) is 13.2 Å². The van der Waals surface area contributed by atoms with Gasteiger partial charge in [0.25, 0.3) is 5.91 Å². The first-order chi connectivity index (χ1) is 18.3. The van der Waals surface area contributed by atoms with Crippen LogP contribution in [0, 0.1) is 11.8 Å². The predicted octanol–water partition coefficient (Wildman–Crippen LogP) is 3.90. The van der Waals surface area contributed by atoms with Crippen LogP contribution in [0.15, 0.2) is 49.6 Å². The molecule has 206 valence electrons. The van der Waals surface area contributed by atoms with Gasteiger partial charge >= 0.3 is 5.97 Å². The van der Waals surface area contributed by atoms with Gasteiger partial charge in [-0.1, -0.05) is 49.7 Å². The zero-order valence-corrected chi connectivity index (χ0v) is 22.9. The number of para-hydroxylation sites is 1. The lowest BCUT2D eigenvalue weighted by Gasteiger charge is -2.39. The number of aliphatic hydroxyl groups excluding tert-OH is 1. The van der Waals surface area contributed by atoms with Crippen molar-refractivity contribution in [3.8, 4) is 0 Å².